The summed E-state index contributed by atoms with van der Waals surface area (Å²) in [7, 11) is 0. The Balaban J connectivity index is 1.53. The molecule has 0 aromatic carbocycles. The summed E-state index contributed by atoms with van der Waals surface area (Å²) >= 11 is 0. The van der Waals surface area contributed by atoms with E-state index in [0.717, 1.165) is 25.6 Å². The Morgan fingerprint density at radius 2 is 2.00 bits per heavy atom. The van der Waals surface area contributed by atoms with Crippen molar-refractivity contribution in [3.63, 3.8) is 0 Å². The molecule has 2 bridgehead atoms. The molecule has 2 atom stereocenters. The second-order valence-corrected chi connectivity index (χ2v) is 7.47. The van der Waals surface area contributed by atoms with Crippen LogP contribution in [0.25, 0.3) is 0 Å². The molecular weight excluding hydrogens is 292 g/mol. The number of rotatable bonds is 3. The summed E-state index contributed by atoms with van der Waals surface area (Å²) in [5.41, 5.74) is -0.162. The first-order chi connectivity index (χ1) is 11.1. The number of nitrogens with zero attached hydrogens (tertiary/aromatic N) is 2. The highest BCUT2D eigenvalue weighted by Gasteiger charge is 2.39. The molecule has 5 nitrogen and oxygen atoms in total. The van der Waals surface area contributed by atoms with E-state index >= 15 is 0 Å². The quantitative estimate of drug-likeness (QED) is 0.854. The van der Waals surface area contributed by atoms with Crippen LogP contribution in [-0.2, 0) is 0 Å². The molecule has 1 saturated carbocycles. The predicted octanol–water partition coefficient (Wildman–Crippen LogP) is 1.89. The van der Waals surface area contributed by atoms with Crippen LogP contribution in [0, 0.1) is 18.8 Å². The smallest absolute Gasteiger partial charge is 0.289 e. The van der Waals surface area contributed by atoms with Crippen molar-refractivity contribution in [3.8, 4) is 0 Å². The topological polar surface area (TPSA) is 53.8 Å². The van der Waals surface area contributed by atoms with Gasteiger partial charge in [0.25, 0.3) is 5.91 Å². The second kappa shape index (κ2) is 5.78. The lowest BCUT2D eigenvalue weighted by Gasteiger charge is -2.36. The zero-order valence-electron chi connectivity index (χ0n) is 13.7. The second-order valence-electron chi connectivity index (χ2n) is 7.47. The van der Waals surface area contributed by atoms with Crippen molar-refractivity contribution in [2.24, 2.45) is 11.8 Å². The first-order valence-corrected chi connectivity index (χ1v) is 8.73. The predicted molar refractivity (Wildman–Crippen MR) is 86.4 cm³/mol. The Bertz CT molecular complexity index is 664. The van der Waals surface area contributed by atoms with Gasteiger partial charge in [0.05, 0.1) is 0 Å². The fourth-order valence-corrected chi connectivity index (χ4v) is 4.07. The number of amides is 1. The van der Waals surface area contributed by atoms with E-state index in [1.807, 2.05) is 4.90 Å². The van der Waals surface area contributed by atoms with Gasteiger partial charge >= 0.3 is 0 Å². The van der Waals surface area contributed by atoms with Gasteiger partial charge in [0.1, 0.15) is 5.76 Å². The van der Waals surface area contributed by atoms with E-state index in [-0.39, 0.29) is 17.1 Å². The van der Waals surface area contributed by atoms with Gasteiger partial charge in [-0.15, -0.1) is 0 Å². The number of fused-ring (bicyclic) bond motifs is 4. The molecule has 0 spiro atoms. The van der Waals surface area contributed by atoms with Crippen molar-refractivity contribution < 1.29 is 9.21 Å². The average molecular weight is 316 g/mol. The van der Waals surface area contributed by atoms with E-state index in [4.69, 9.17) is 4.42 Å². The summed E-state index contributed by atoms with van der Waals surface area (Å²) in [4.78, 5) is 29.0. The van der Waals surface area contributed by atoms with E-state index in [2.05, 4.69) is 4.90 Å². The van der Waals surface area contributed by atoms with Gasteiger partial charge in [-0.2, -0.15) is 0 Å². The van der Waals surface area contributed by atoms with Crippen molar-refractivity contribution in [2.75, 3.05) is 26.2 Å². The third-order valence-electron chi connectivity index (χ3n) is 5.40. The minimum absolute atomic E-state index is 0.129. The molecule has 3 aliphatic heterocycles. The number of aryl methyl sites for hydroxylation is 1. The van der Waals surface area contributed by atoms with Gasteiger partial charge in [-0.3, -0.25) is 14.5 Å². The van der Waals surface area contributed by atoms with Gasteiger partial charge in [0.2, 0.25) is 0 Å². The molecule has 5 rings (SSSR count). The van der Waals surface area contributed by atoms with Gasteiger partial charge in [0.15, 0.2) is 11.2 Å². The summed E-state index contributed by atoms with van der Waals surface area (Å²) in [5, 5.41) is 0. The third-order valence-corrected chi connectivity index (χ3v) is 5.40. The maximum Gasteiger partial charge on any atom is 0.289 e. The Labute approximate surface area is 136 Å². The Hall–Kier alpha value is -1.62. The van der Waals surface area contributed by atoms with Crippen molar-refractivity contribution in [2.45, 2.75) is 38.6 Å². The number of carbonyl (C=O) groups is 1. The standard InChI is InChI=1S/C18H24N2O3/c1-12-6-16(21)7-17(23-12)18(22)20-10-14-4-5-15(11-20)19(9-14)8-13-2-3-13/h6-7,13-15H,2-5,8-11H2,1H3/t14-,15-/m0/s1. The fourth-order valence-electron chi connectivity index (χ4n) is 4.07. The van der Waals surface area contributed by atoms with Crippen LogP contribution in [0.5, 0.6) is 0 Å². The number of carbonyl (C=O) groups excluding carboxylic acids is 1. The van der Waals surface area contributed by atoms with Crippen LogP contribution >= 0.6 is 0 Å². The molecule has 23 heavy (non-hydrogen) atoms. The van der Waals surface area contributed by atoms with Crippen LogP contribution in [0.4, 0.5) is 0 Å². The zero-order chi connectivity index (χ0) is 16.0. The minimum atomic E-state index is -0.162. The zero-order valence-corrected chi connectivity index (χ0v) is 13.7. The van der Waals surface area contributed by atoms with Gasteiger partial charge in [-0.25, -0.2) is 0 Å². The van der Waals surface area contributed by atoms with Crippen molar-refractivity contribution in [1.82, 2.24) is 9.80 Å². The number of hydrogen-bond donors (Lipinski definition) is 0. The first-order valence-electron chi connectivity index (χ1n) is 8.73. The lowest BCUT2D eigenvalue weighted by Crippen LogP contribution is -2.45. The molecule has 1 amide bonds. The molecule has 124 valence electrons. The Morgan fingerprint density at radius 3 is 2.74 bits per heavy atom. The van der Waals surface area contributed by atoms with Crippen LogP contribution < -0.4 is 5.43 Å². The fraction of sp³-hybridized carbons (Fsp3) is 0.667. The largest absolute Gasteiger partial charge is 0.456 e. The van der Waals surface area contributed by atoms with Crippen molar-refractivity contribution in [3.05, 3.63) is 33.9 Å². The molecule has 1 aromatic rings. The van der Waals surface area contributed by atoms with Crippen molar-refractivity contribution >= 4 is 5.91 Å². The molecule has 0 radical (unpaired) electrons. The van der Waals surface area contributed by atoms with Gasteiger partial charge in [-0.05, 0) is 44.4 Å². The monoisotopic (exact) mass is 316 g/mol. The van der Waals surface area contributed by atoms with Crippen molar-refractivity contribution in [1.29, 1.82) is 0 Å². The maximum absolute atomic E-state index is 12.8. The molecule has 0 unspecified atom stereocenters. The molecule has 5 heteroatoms. The molecule has 4 fully saturated rings. The molecule has 3 saturated heterocycles. The van der Waals surface area contributed by atoms with E-state index in [1.54, 1.807) is 6.92 Å². The first kappa shape index (κ1) is 14.9. The summed E-state index contributed by atoms with van der Waals surface area (Å²) < 4.78 is 5.50. The number of piperidine rings is 1. The van der Waals surface area contributed by atoms with Crippen LogP contribution in [-0.4, -0.2) is 47.9 Å². The van der Waals surface area contributed by atoms with E-state index < -0.39 is 0 Å². The lowest BCUT2D eigenvalue weighted by atomic mass is 9.95. The summed E-state index contributed by atoms with van der Waals surface area (Å²) in [6.07, 6.45) is 5.11. The van der Waals surface area contributed by atoms with Gasteiger partial charge in [-0.1, -0.05) is 0 Å². The average Bonchev–Trinajstić information content (AvgIpc) is 3.33. The van der Waals surface area contributed by atoms with Crippen LogP contribution in [0.3, 0.4) is 0 Å². The highest BCUT2D eigenvalue weighted by atomic mass is 16.3. The molecule has 4 heterocycles. The molecule has 4 aliphatic rings. The maximum atomic E-state index is 12.8. The molecular formula is C18H24N2O3. The highest BCUT2D eigenvalue weighted by Crippen LogP contribution is 2.35. The van der Waals surface area contributed by atoms with E-state index in [9.17, 15) is 9.59 Å². The van der Waals surface area contributed by atoms with Gasteiger partial charge in [0, 0.05) is 44.4 Å². The molecule has 0 N–H and O–H groups in total. The normalized spacial score (nSPS) is 28.0. The van der Waals surface area contributed by atoms with Crippen LogP contribution in [0.1, 0.15) is 42.0 Å². The summed E-state index contributed by atoms with van der Waals surface area (Å²) in [5.74, 6) is 1.98. The Morgan fingerprint density at radius 1 is 1.17 bits per heavy atom. The van der Waals surface area contributed by atoms with E-state index in [1.165, 1.54) is 44.4 Å². The van der Waals surface area contributed by atoms with E-state index in [0.29, 0.717) is 17.7 Å². The summed E-state index contributed by atoms with van der Waals surface area (Å²) in [6.45, 7) is 5.57. The Kier molecular flexibility index (Phi) is 3.76. The number of hydrogen-bond acceptors (Lipinski definition) is 4. The molecule has 1 aromatic heterocycles. The third kappa shape index (κ3) is 3.20. The lowest BCUT2D eigenvalue weighted by molar-refractivity contribution is 0.0700. The van der Waals surface area contributed by atoms with Gasteiger partial charge < -0.3 is 9.32 Å². The highest BCUT2D eigenvalue weighted by molar-refractivity contribution is 5.91. The van der Waals surface area contributed by atoms with Crippen LogP contribution in [0.2, 0.25) is 0 Å². The SMILES string of the molecule is Cc1cc(=O)cc(C(=O)N2C[C@H]3CC[C@@H](C2)N(CC2CC2)C3)o1. The molecule has 1 aliphatic carbocycles. The minimum Gasteiger partial charge on any atom is -0.456 e. The van der Waals surface area contributed by atoms with Crippen LogP contribution in [0.15, 0.2) is 21.3 Å². The summed E-state index contributed by atoms with van der Waals surface area (Å²) in [6, 6.07) is 3.21.